The molecule has 1 aliphatic rings. The van der Waals surface area contributed by atoms with E-state index in [9.17, 15) is 14.4 Å². The van der Waals surface area contributed by atoms with E-state index in [1.54, 1.807) is 28.8 Å². The second-order valence-electron chi connectivity index (χ2n) is 5.29. The number of esters is 1. The van der Waals surface area contributed by atoms with Crippen molar-refractivity contribution in [2.45, 2.75) is 24.0 Å². The van der Waals surface area contributed by atoms with E-state index in [0.717, 1.165) is 12.8 Å². The number of aromatic nitrogens is 3. The molecule has 1 aromatic carbocycles. The maximum atomic E-state index is 12.1. The van der Waals surface area contributed by atoms with Gasteiger partial charge in [-0.15, -0.1) is 5.10 Å². The number of amides is 1. The van der Waals surface area contributed by atoms with Crippen LogP contribution >= 0.6 is 11.8 Å². The highest BCUT2D eigenvalue weighted by Crippen LogP contribution is 2.36. The number of thioether (sulfide) groups is 1. The number of aromatic amines is 1. The predicted octanol–water partition coefficient (Wildman–Crippen LogP) is 1.42. The first-order valence-electron chi connectivity index (χ1n) is 7.37. The third kappa shape index (κ3) is 3.51. The Labute approximate surface area is 141 Å². The quantitative estimate of drug-likeness (QED) is 0.604. The third-order valence-electron chi connectivity index (χ3n) is 3.52. The van der Waals surface area contributed by atoms with Gasteiger partial charge in [-0.2, -0.15) is 0 Å². The Balaban J connectivity index is 1.65. The standard InChI is InChI=1S/C15H16N4O4S/c1-23-13(21)10-4-2-3-5-11(10)16-12(20)8-24-15-18-17-14(22)19(15)9-6-7-9/h2-5,9H,6-8H2,1H3,(H,16,20)(H,17,22). The molecule has 0 spiro atoms. The Morgan fingerprint density at radius 1 is 1.42 bits per heavy atom. The van der Waals surface area contributed by atoms with Crippen LogP contribution in [-0.2, 0) is 9.53 Å². The summed E-state index contributed by atoms with van der Waals surface area (Å²) in [7, 11) is 1.28. The van der Waals surface area contributed by atoms with Gasteiger partial charge in [0.25, 0.3) is 0 Å². The van der Waals surface area contributed by atoms with E-state index in [2.05, 4.69) is 15.5 Å². The first kappa shape index (κ1) is 16.3. The summed E-state index contributed by atoms with van der Waals surface area (Å²) < 4.78 is 6.28. The van der Waals surface area contributed by atoms with Crippen LogP contribution in [0.1, 0.15) is 29.2 Å². The van der Waals surface area contributed by atoms with Crippen molar-refractivity contribution < 1.29 is 14.3 Å². The number of hydrogen-bond acceptors (Lipinski definition) is 6. The number of carbonyl (C=O) groups is 2. The number of benzene rings is 1. The van der Waals surface area contributed by atoms with Crippen LogP contribution in [0.5, 0.6) is 0 Å². The minimum atomic E-state index is -0.520. The van der Waals surface area contributed by atoms with Gasteiger partial charge in [-0.25, -0.2) is 14.7 Å². The number of ether oxygens (including phenoxy) is 1. The summed E-state index contributed by atoms with van der Waals surface area (Å²) >= 11 is 1.18. The normalized spacial score (nSPS) is 13.5. The van der Waals surface area contributed by atoms with E-state index < -0.39 is 5.97 Å². The number of H-pyrrole nitrogens is 1. The molecule has 1 fully saturated rings. The number of hydrogen-bond donors (Lipinski definition) is 2. The van der Waals surface area contributed by atoms with Crippen molar-refractivity contribution in [1.29, 1.82) is 0 Å². The van der Waals surface area contributed by atoms with Crippen molar-refractivity contribution in [3.05, 3.63) is 40.3 Å². The number of carbonyl (C=O) groups excluding carboxylic acids is 2. The molecule has 0 bridgehead atoms. The predicted molar refractivity (Wildman–Crippen MR) is 88.3 cm³/mol. The minimum Gasteiger partial charge on any atom is -0.465 e. The monoisotopic (exact) mass is 348 g/mol. The molecule has 1 aliphatic carbocycles. The number of methoxy groups -OCH3 is 1. The van der Waals surface area contributed by atoms with Crippen LogP contribution in [0.4, 0.5) is 5.69 Å². The Bertz CT molecular complexity index is 825. The lowest BCUT2D eigenvalue weighted by Gasteiger charge is -2.09. The van der Waals surface area contributed by atoms with E-state index in [-0.39, 0.29) is 29.0 Å². The SMILES string of the molecule is COC(=O)c1ccccc1NC(=O)CSc1n[nH]c(=O)n1C1CC1. The summed E-state index contributed by atoms with van der Waals surface area (Å²) in [4.78, 5) is 35.5. The molecule has 0 saturated heterocycles. The van der Waals surface area contributed by atoms with Gasteiger partial charge in [0.15, 0.2) is 5.16 Å². The van der Waals surface area contributed by atoms with E-state index in [1.807, 2.05) is 0 Å². The first-order chi connectivity index (χ1) is 11.6. The van der Waals surface area contributed by atoms with Crippen molar-refractivity contribution >= 4 is 29.3 Å². The van der Waals surface area contributed by atoms with Crippen LogP contribution in [0.15, 0.2) is 34.2 Å². The Hall–Kier alpha value is -2.55. The van der Waals surface area contributed by atoms with Crippen molar-refractivity contribution in [3.8, 4) is 0 Å². The number of rotatable bonds is 6. The molecule has 1 heterocycles. The number of para-hydroxylation sites is 1. The molecule has 2 aromatic rings. The molecular weight excluding hydrogens is 332 g/mol. The van der Waals surface area contributed by atoms with Gasteiger partial charge in [0.2, 0.25) is 5.91 Å². The van der Waals surface area contributed by atoms with E-state index >= 15 is 0 Å². The lowest BCUT2D eigenvalue weighted by atomic mass is 10.2. The zero-order chi connectivity index (χ0) is 17.1. The second kappa shape index (κ2) is 6.91. The Kier molecular flexibility index (Phi) is 4.70. The van der Waals surface area contributed by atoms with Crippen LogP contribution in [0, 0.1) is 0 Å². The summed E-state index contributed by atoms with van der Waals surface area (Å²) in [6.45, 7) is 0. The Morgan fingerprint density at radius 3 is 2.88 bits per heavy atom. The topological polar surface area (TPSA) is 106 Å². The van der Waals surface area contributed by atoms with Crippen molar-refractivity contribution in [1.82, 2.24) is 14.8 Å². The maximum absolute atomic E-state index is 12.1. The lowest BCUT2D eigenvalue weighted by Crippen LogP contribution is -2.19. The largest absolute Gasteiger partial charge is 0.465 e. The fourth-order valence-electron chi connectivity index (χ4n) is 2.24. The maximum Gasteiger partial charge on any atom is 0.344 e. The highest BCUT2D eigenvalue weighted by Gasteiger charge is 2.28. The van der Waals surface area contributed by atoms with Gasteiger partial charge in [0.1, 0.15) is 0 Å². The van der Waals surface area contributed by atoms with Crippen LogP contribution in [0.2, 0.25) is 0 Å². The molecule has 24 heavy (non-hydrogen) atoms. The molecule has 0 atom stereocenters. The third-order valence-corrected chi connectivity index (χ3v) is 4.48. The van der Waals surface area contributed by atoms with E-state index in [4.69, 9.17) is 4.74 Å². The van der Waals surface area contributed by atoms with Crippen LogP contribution < -0.4 is 11.0 Å². The van der Waals surface area contributed by atoms with E-state index in [0.29, 0.717) is 10.8 Å². The summed E-state index contributed by atoms with van der Waals surface area (Å²) in [6, 6.07) is 6.79. The number of anilines is 1. The molecule has 0 unspecified atom stereocenters. The van der Waals surface area contributed by atoms with Gasteiger partial charge >= 0.3 is 11.7 Å². The first-order valence-corrected chi connectivity index (χ1v) is 8.35. The zero-order valence-electron chi connectivity index (χ0n) is 12.9. The number of nitrogens with one attached hydrogen (secondary N) is 2. The average Bonchev–Trinajstić information content (AvgIpc) is 3.35. The van der Waals surface area contributed by atoms with Gasteiger partial charge in [-0.1, -0.05) is 23.9 Å². The molecule has 1 saturated carbocycles. The number of nitrogens with zero attached hydrogens (tertiary/aromatic N) is 2. The molecule has 0 aliphatic heterocycles. The van der Waals surface area contributed by atoms with Gasteiger partial charge in [0.05, 0.1) is 24.1 Å². The van der Waals surface area contributed by atoms with Crippen LogP contribution in [0.25, 0.3) is 0 Å². The van der Waals surface area contributed by atoms with Crippen molar-refractivity contribution in [2.75, 3.05) is 18.2 Å². The summed E-state index contributed by atoms with van der Waals surface area (Å²) in [5, 5.41) is 9.54. The average molecular weight is 348 g/mol. The molecule has 3 rings (SSSR count). The molecule has 0 radical (unpaired) electrons. The van der Waals surface area contributed by atoms with Gasteiger partial charge in [-0.05, 0) is 25.0 Å². The summed E-state index contributed by atoms with van der Waals surface area (Å²) in [5.41, 5.74) is 0.418. The zero-order valence-corrected chi connectivity index (χ0v) is 13.8. The van der Waals surface area contributed by atoms with Crippen LogP contribution in [-0.4, -0.2) is 39.5 Å². The van der Waals surface area contributed by atoms with Crippen molar-refractivity contribution in [2.24, 2.45) is 0 Å². The minimum absolute atomic E-state index is 0.0759. The molecular formula is C15H16N4O4S. The van der Waals surface area contributed by atoms with Crippen molar-refractivity contribution in [3.63, 3.8) is 0 Å². The smallest absolute Gasteiger partial charge is 0.344 e. The fraction of sp³-hybridized carbons (Fsp3) is 0.333. The summed E-state index contributed by atoms with van der Waals surface area (Å²) in [5.74, 6) is -0.741. The van der Waals surface area contributed by atoms with Gasteiger partial charge < -0.3 is 10.1 Å². The van der Waals surface area contributed by atoms with Gasteiger partial charge in [-0.3, -0.25) is 9.36 Å². The lowest BCUT2D eigenvalue weighted by molar-refractivity contribution is -0.113. The van der Waals surface area contributed by atoms with Gasteiger partial charge in [0, 0.05) is 6.04 Å². The highest BCUT2D eigenvalue weighted by atomic mass is 32.2. The molecule has 126 valence electrons. The fourth-order valence-corrected chi connectivity index (χ4v) is 3.06. The molecule has 2 N–H and O–H groups in total. The molecule has 1 amide bonds. The molecule has 1 aromatic heterocycles. The second-order valence-corrected chi connectivity index (χ2v) is 6.23. The van der Waals surface area contributed by atoms with E-state index in [1.165, 1.54) is 18.9 Å². The Morgan fingerprint density at radius 2 is 2.17 bits per heavy atom. The summed E-state index contributed by atoms with van der Waals surface area (Å²) in [6.07, 6.45) is 1.90. The highest BCUT2D eigenvalue weighted by molar-refractivity contribution is 7.99. The molecule has 8 nitrogen and oxygen atoms in total. The molecule has 9 heteroatoms. The van der Waals surface area contributed by atoms with Crippen LogP contribution in [0.3, 0.4) is 0 Å².